The first-order valence-electron chi connectivity index (χ1n) is 7.21. The molecule has 0 aromatic heterocycles. The van der Waals surface area contributed by atoms with Crippen molar-refractivity contribution < 1.29 is 23.5 Å². The minimum Gasteiger partial charge on any atom is -0.460 e. The number of alkyl halides is 1. The molecule has 0 aromatic carbocycles. The molecule has 0 bridgehead atoms. The van der Waals surface area contributed by atoms with E-state index in [1.807, 2.05) is 0 Å². The molecule has 6 heteroatoms. The Kier molecular flexibility index (Phi) is 7.22. The molecule has 0 rings (SSSR count). The first-order chi connectivity index (χ1) is 9.76. The maximum atomic E-state index is 13.1. The van der Waals surface area contributed by atoms with E-state index in [1.165, 1.54) is 0 Å². The van der Waals surface area contributed by atoms with Crippen LogP contribution in [0.15, 0.2) is 12.2 Å². The number of nitrogens with two attached hydrogens (primary N) is 1. The summed E-state index contributed by atoms with van der Waals surface area (Å²) in [5.41, 5.74) is 4.60. The summed E-state index contributed by atoms with van der Waals surface area (Å²) in [7, 11) is 0. The van der Waals surface area contributed by atoms with Gasteiger partial charge >= 0.3 is 11.9 Å². The molecule has 0 radical (unpaired) electrons. The van der Waals surface area contributed by atoms with E-state index in [-0.39, 0.29) is 12.0 Å². The number of hydrogen-bond donors (Lipinski definition) is 1. The van der Waals surface area contributed by atoms with Crippen LogP contribution in [0.5, 0.6) is 0 Å². The Labute approximate surface area is 132 Å². The standard InChI is InChI=1S/C16H28FNO4/c1-10(12(18)14(20)22-16(5,6)7)8-11(9-17)13(19)21-15(2,3)4/h11-12H,1,8-9,18H2,2-7H3. The van der Waals surface area contributed by atoms with E-state index >= 15 is 0 Å². The summed E-state index contributed by atoms with van der Waals surface area (Å²) < 4.78 is 23.4. The fourth-order valence-corrected chi connectivity index (χ4v) is 1.56. The van der Waals surface area contributed by atoms with Crippen molar-refractivity contribution in [1.29, 1.82) is 0 Å². The first-order valence-corrected chi connectivity index (χ1v) is 7.21. The lowest BCUT2D eigenvalue weighted by molar-refractivity contribution is -0.161. The van der Waals surface area contributed by atoms with Crippen LogP contribution < -0.4 is 5.73 Å². The van der Waals surface area contributed by atoms with Crippen LogP contribution in [-0.2, 0) is 19.1 Å². The molecular formula is C16H28FNO4. The number of halogens is 1. The van der Waals surface area contributed by atoms with Gasteiger partial charge in [0.05, 0.1) is 5.92 Å². The minimum absolute atomic E-state index is 0.0637. The normalized spacial score (nSPS) is 14.9. The van der Waals surface area contributed by atoms with Gasteiger partial charge < -0.3 is 15.2 Å². The average Bonchev–Trinajstić information content (AvgIpc) is 2.30. The van der Waals surface area contributed by atoms with Crippen molar-refractivity contribution >= 4 is 11.9 Å². The lowest BCUT2D eigenvalue weighted by Gasteiger charge is -2.25. The first kappa shape index (κ1) is 20.6. The average molecular weight is 317 g/mol. The van der Waals surface area contributed by atoms with Gasteiger partial charge in [0.15, 0.2) is 0 Å². The second-order valence-electron chi connectivity index (χ2n) is 7.26. The SMILES string of the molecule is C=C(CC(CF)C(=O)OC(C)(C)C)C(N)C(=O)OC(C)(C)C. The highest BCUT2D eigenvalue weighted by molar-refractivity contribution is 5.80. The predicted molar refractivity (Wildman–Crippen MR) is 82.9 cm³/mol. The fraction of sp³-hybridized carbons (Fsp3) is 0.750. The summed E-state index contributed by atoms with van der Waals surface area (Å²) >= 11 is 0. The van der Waals surface area contributed by atoms with Crippen molar-refractivity contribution in [2.75, 3.05) is 6.67 Å². The van der Waals surface area contributed by atoms with Crippen LogP contribution in [0, 0.1) is 5.92 Å². The molecule has 2 atom stereocenters. The number of esters is 2. The van der Waals surface area contributed by atoms with E-state index in [1.54, 1.807) is 41.5 Å². The van der Waals surface area contributed by atoms with E-state index in [0.717, 1.165) is 0 Å². The highest BCUT2D eigenvalue weighted by Crippen LogP contribution is 2.20. The smallest absolute Gasteiger partial charge is 0.327 e. The second kappa shape index (κ2) is 7.72. The van der Waals surface area contributed by atoms with Crippen LogP contribution in [0.1, 0.15) is 48.0 Å². The Morgan fingerprint density at radius 2 is 1.45 bits per heavy atom. The zero-order valence-electron chi connectivity index (χ0n) is 14.4. The number of carbonyl (C=O) groups is 2. The van der Waals surface area contributed by atoms with E-state index < -0.39 is 41.8 Å². The maximum absolute atomic E-state index is 13.1. The molecule has 0 aliphatic rings. The van der Waals surface area contributed by atoms with Gasteiger partial charge in [-0.3, -0.25) is 9.18 Å². The Balaban J connectivity index is 4.72. The summed E-state index contributed by atoms with van der Waals surface area (Å²) in [6.07, 6.45) is -0.0637. The third kappa shape index (κ3) is 8.12. The minimum atomic E-state index is -1.10. The Bertz CT molecular complexity index is 421. The van der Waals surface area contributed by atoms with Gasteiger partial charge in [-0.2, -0.15) is 0 Å². The Morgan fingerprint density at radius 1 is 1.05 bits per heavy atom. The van der Waals surface area contributed by atoms with Gasteiger partial charge in [0, 0.05) is 0 Å². The number of rotatable bonds is 6. The largest absolute Gasteiger partial charge is 0.460 e. The van der Waals surface area contributed by atoms with Crippen LogP contribution in [0.4, 0.5) is 4.39 Å². The lowest BCUT2D eigenvalue weighted by atomic mass is 9.96. The molecule has 0 amide bonds. The molecule has 2 N–H and O–H groups in total. The molecule has 0 heterocycles. The highest BCUT2D eigenvalue weighted by atomic mass is 19.1. The van der Waals surface area contributed by atoms with Crippen molar-refractivity contribution in [2.45, 2.75) is 65.2 Å². The van der Waals surface area contributed by atoms with Gasteiger partial charge in [0.2, 0.25) is 0 Å². The molecule has 0 spiro atoms. The van der Waals surface area contributed by atoms with E-state index in [4.69, 9.17) is 15.2 Å². The zero-order chi connectivity index (χ0) is 17.7. The molecule has 0 aliphatic carbocycles. The monoisotopic (exact) mass is 317 g/mol. The van der Waals surface area contributed by atoms with Gasteiger partial charge in [-0.25, -0.2) is 4.79 Å². The molecule has 5 nitrogen and oxygen atoms in total. The van der Waals surface area contributed by atoms with E-state index in [9.17, 15) is 14.0 Å². The molecular weight excluding hydrogens is 289 g/mol. The Hall–Kier alpha value is -1.43. The van der Waals surface area contributed by atoms with Crippen molar-refractivity contribution in [3.8, 4) is 0 Å². The van der Waals surface area contributed by atoms with E-state index in [2.05, 4.69) is 6.58 Å². The topological polar surface area (TPSA) is 78.6 Å². The van der Waals surface area contributed by atoms with Gasteiger partial charge in [0.1, 0.15) is 23.9 Å². The molecule has 0 aliphatic heterocycles. The summed E-state index contributed by atoms with van der Waals surface area (Å²) in [5, 5.41) is 0. The van der Waals surface area contributed by atoms with Crippen molar-refractivity contribution in [3.05, 3.63) is 12.2 Å². The van der Waals surface area contributed by atoms with E-state index in [0.29, 0.717) is 0 Å². The van der Waals surface area contributed by atoms with Crippen molar-refractivity contribution in [2.24, 2.45) is 11.7 Å². The fourth-order valence-electron chi connectivity index (χ4n) is 1.56. The second-order valence-corrected chi connectivity index (χ2v) is 7.26. The summed E-state index contributed by atoms with van der Waals surface area (Å²) in [4.78, 5) is 23.7. The molecule has 0 aromatic rings. The quantitative estimate of drug-likeness (QED) is 0.601. The lowest BCUT2D eigenvalue weighted by Crippen LogP contribution is -2.39. The summed E-state index contributed by atoms with van der Waals surface area (Å²) in [5.74, 6) is -2.35. The van der Waals surface area contributed by atoms with Gasteiger partial charge in [-0.1, -0.05) is 6.58 Å². The van der Waals surface area contributed by atoms with Crippen LogP contribution in [0.25, 0.3) is 0 Å². The van der Waals surface area contributed by atoms with Crippen LogP contribution >= 0.6 is 0 Å². The molecule has 0 fully saturated rings. The maximum Gasteiger partial charge on any atom is 0.327 e. The van der Waals surface area contributed by atoms with Crippen molar-refractivity contribution in [3.63, 3.8) is 0 Å². The third-order valence-corrected chi connectivity index (χ3v) is 2.54. The third-order valence-electron chi connectivity index (χ3n) is 2.54. The molecule has 22 heavy (non-hydrogen) atoms. The molecule has 0 saturated carbocycles. The Morgan fingerprint density at radius 3 is 1.82 bits per heavy atom. The van der Waals surface area contributed by atoms with Crippen LogP contribution in [0.2, 0.25) is 0 Å². The highest BCUT2D eigenvalue weighted by Gasteiger charge is 2.30. The molecule has 0 saturated heterocycles. The van der Waals surface area contributed by atoms with Gasteiger partial charge in [0.25, 0.3) is 0 Å². The number of carbonyl (C=O) groups excluding carboxylic acids is 2. The summed E-state index contributed by atoms with van der Waals surface area (Å²) in [6, 6.07) is -1.10. The number of ether oxygens (including phenoxy) is 2. The zero-order valence-corrected chi connectivity index (χ0v) is 14.4. The molecule has 128 valence electrons. The van der Waals surface area contributed by atoms with Crippen LogP contribution in [-0.4, -0.2) is 35.9 Å². The van der Waals surface area contributed by atoms with Crippen molar-refractivity contribution in [1.82, 2.24) is 0 Å². The number of hydrogen-bond acceptors (Lipinski definition) is 5. The van der Waals surface area contributed by atoms with Gasteiger partial charge in [-0.15, -0.1) is 0 Å². The predicted octanol–water partition coefficient (Wildman–Crippen LogP) is 2.53. The molecule has 2 unspecified atom stereocenters. The summed E-state index contributed by atoms with van der Waals surface area (Å²) in [6.45, 7) is 13.0. The van der Waals surface area contributed by atoms with Crippen LogP contribution in [0.3, 0.4) is 0 Å². The van der Waals surface area contributed by atoms with Gasteiger partial charge in [-0.05, 0) is 53.5 Å².